The van der Waals surface area contributed by atoms with Gasteiger partial charge in [0.2, 0.25) is 0 Å². The smallest absolute Gasteiger partial charge is 0.167 e. The zero-order valence-corrected chi connectivity index (χ0v) is 12.3. The minimum Gasteiger partial charge on any atom is -1.00 e. The Kier molecular flexibility index (Phi) is 4.81. The van der Waals surface area contributed by atoms with Gasteiger partial charge in [-0.15, -0.1) is 0 Å². The number of H-pyrrole nitrogens is 1. The fraction of sp³-hybridized carbons (Fsp3) is 0.214. The number of methoxy groups -OCH3 is 1. The van der Waals surface area contributed by atoms with E-state index in [1.54, 1.807) is 18.2 Å². The number of aromatic amines is 1. The molecule has 5 N–H and O–H groups in total. The van der Waals surface area contributed by atoms with E-state index in [4.69, 9.17) is 4.74 Å². The third-order valence-electron chi connectivity index (χ3n) is 3.11. The second-order valence-corrected chi connectivity index (χ2v) is 4.42. The second-order valence-electron chi connectivity index (χ2n) is 4.42. The number of aryl methyl sites for hydroxylation is 1. The van der Waals surface area contributed by atoms with Crippen LogP contribution in [-0.4, -0.2) is 23.0 Å². The normalized spacial score (nSPS) is 10.0. The van der Waals surface area contributed by atoms with Crippen LogP contribution in [-0.2, 0) is 0 Å². The molecule has 0 saturated heterocycles. The molecule has 0 amide bonds. The molecule has 0 aliphatic carbocycles. The van der Waals surface area contributed by atoms with Gasteiger partial charge in [-0.1, -0.05) is 0 Å². The van der Waals surface area contributed by atoms with Gasteiger partial charge >= 0.3 is 0 Å². The number of quaternary nitrogens is 1. The minimum atomic E-state index is -0.0178. The summed E-state index contributed by atoms with van der Waals surface area (Å²) in [6, 6.07) is 5.01. The Bertz CT molecular complexity index is 650. The Labute approximate surface area is 123 Å². The number of benzene rings is 1. The van der Waals surface area contributed by atoms with Crippen molar-refractivity contribution in [3.05, 3.63) is 29.5 Å². The molecule has 2 rings (SSSR count). The van der Waals surface area contributed by atoms with Crippen LogP contribution in [0.3, 0.4) is 0 Å². The predicted molar refractivity (Wildman–Crippen MR) is 71.7 cm³/mol. The first-order valence-electron chi connectivity index (χ1n) is 5.88. The number of hydrogen-bond acceptors (Lipinski definition) is 3. The van der Waals surface area contributed by atoms with E-state index in [2.05, 4.69) is 10.7 Å². The van der Waals surface area contributed by atoms with Crippen LogP contribution < -0.4 is 22.9 Å². The van der Waals surface area contributed by atoms with Gasteiger partial charge in [-0.2, -0.15) is 0 Å². The third-order valence-corrected chi connectivity index (χ3v) is 3.11. The van der Waals surface area contributed by atoms with Crippen molar-refractivity contribution >= 4 is 11.5 Å². The molecule has 2 aromatic rings. The molecule has 0 spiro atoms. The van der Waals surface area contributed by atoms with E-state index in [1.807, 2.05) is 6.92 Å². The largest absolute Gasteiger partial charge is 1.00 e. The number of hydrogen-bond donors (Lipinski definition) is 3. The van der Waals surface area contributed by atoms with Gasteiger partial charge in [-0.3, -0.25) is 4.79 Å². The summed E-state index contributed by atoms with van der Waals surface area (Å²) in [5.74, 6) is 0.441. The van der Waals surface area contributed by atoms with Crippen LogP contribution in [0, 0.1) is 6.92 Å². The van der Waals surface area contributed by atoms with Crippen molar-refractivity contribution in [3.8, 4) is 22.8 Å². The van der Waals surface area contributed by atoms with Gasteiger partial charge in [-0.25, -0.2) is 0 Å². The molecule has 0 atom stereocenters. The summed E-state index contributed by atoms with van der Waals surface area (Å²) in [5, 5.41) is 9.59. The van der Waals surface area contributed by atoms with Crippen molar-refractivity contribution in [2.24, 2.45) is 0 Å². The summed E-state index contributed by atoms with van der Waals surface area (Å²) in [7, 11) is 1.49. The number of aromatic hydroxyl groups is 1. The van der Waals surface area contributed by atoms with E-state index >= 15 is 0 Å². The average molecular weight is 297 g/mol. The monoisotopic (exact) mass is 296 g/mol. The Morgan fingerprint density at radius 1 is 1.40 bits per heavy atom. The van der Waals surface area contributed by atoms with Gasteiger partial charge in [0.1, 0.15) is 5.69 Å². The van der Waals surface area contributed by atoms with Crippen LogP contribution in [0.2, 0.25) is 0 Å². The molecule has 6 heteroatoms. The average Bonchev–Trinajstić information content (AvgIpc) is 2.65. The predicted octanol–water partition coefficient (Wildman–Crippen LogP) is -1.22. The van der Waals surface area contributed by atoms with Crippen molar-refractivity contribution in [3.63, 3.8) is 0 Å². The van der Waals surface area contributed by atoms with Gasteiger partial charge < -0.3 is 33.0 Å². The Morgan fingerprint density at radius 3 is 2.55 bits per heavy atom. The molecule has 0 bridgehead atoms. The molecule has 0 fully saturated rings. The zero-order valence-electron chi connectivity index (χ0n) is 11.6. The Balaban J connectivity index is 0.00000200. The third kappa shape index (κ3) is 2.64. The van der Waals surface area contributed by atoms with Crippen LogP contribution >= 0.6 is 0 Å². The number of Topliss-reactive ketones (excluding diaryl/α,β-unsaturated/α-hetero) is 1. The molecule has 20 heavy (non-hydrogen) atoms. The standard InChI is InChI=1S/C14H16N2O3.ClH/c1-7-12(8(2)17)13(15)14(16-7)9-4-5-10(18)11(6-9)19-3;/h4-6,16,18H,15H2,1-3H3;1H. The summed E-state index contributed by atoms with van der Waals surface area (Å²) in [5.41, 5.74) is 7.61. The molecule has 0 saturated carbocycles. The lowest BCUT2D eigenvalue weighted by atomic mass is 10.1. The maximum Gasteiger partial charge on any atom is 0.167 e. The summed E-state index contributed by atoms with van der Waals surface area (Å²) in [6.07, 6.45) is 0. The Morgan fingerprint density at radius 2 is 2.05 bits per heavy atom. The van der Waals surface area contributed by atoms with Crippen molar-refractivity contribution < 1.29 is 32.8 Å². The molecule has 0 radical (unpaired) electrons. The number of ether oxygens (including phenoxy) is 1. The second kappa shape index (κ2) is 5.98. The fourth-order valence-electron chi connectivity index (χ4n) is 2.23. The van der Waals surface area contributed by atoms with E-state index < -0.39 is 0 Å². The summed E-state index contributed by atoms with van der Waals surface area (Å²) >= 11 is 0. The van der Waals surface area contributed by atoms with Crippen LogP contribution in [0.1, 0.15) is 23.0 Å². The van der Waals surface area contributed by atoms with E-state index in [0.29, 0.717) is 17.0 Å². The van der Waals surface area contributed by atoms with Gasteiger partial charge in [-0.05, 0) is 32.0 Å². The lowest BCUT2D eigenvalue weighted by Gasteiger charge is -2.05. The first kappa shape index (κ1) is 16.1. The number of halogens is 1. The number of phenolic OH excluding ortho intramolecular Hbond substituents is 1. The molecular formula is C14H17ClN2O3. The number of ketones is 1. The number of carbonyl (C=O) groups excluding carboxylic acids is 1. The van der Waals surface area contributed by atoms with Gasteiger partial charge in [0.25, 0.3) is 0 Å². The van der Waals surface area contributed by atoms with E-state index in [1.165, 1.54) is 14.0 Å². The molecule has 0 aliphatic rings. The van der Waals surface area contributed by atoms with Crippen molar-refractivity contribution in [1.82, 2.24) is 4.98 Å². The number of rotatable bonds is 3. The van der Waals surface area contributed by atoms with Gasteiger partial charge in [0.15, 0.2) is 23.0 Å². The number of phenols is 1. The molecule has 1 aromatic heterocycles. The summed E-state index contributed by atoms with van der Waals surface area (Å²) in [4.78, 5) is 14.7. The first-order valence-corrected chi connectivity index (χ1v) is 5.88. The molecule has 108 valence electrons. The molecule has 5 nitrogen and oxygen atoms in total. The topological polar surface area (TPSA) is 90.0 Å². The van der Waals surface area contributed by atoms with Crippen LogP contribution in [0.4, 0.5) is 5.69 Å². The number of aromatic nitrogens is 1. The fourth-order valence-corrected chi connectivity index (χ4v) is 2.23. The molecule has 0 aliphatic heterocycles. The van der Waals surface area contributed by atoms with E-state index in [-0.39, 0.29) is 23.9 Å². The highest BCUT2D eigenvalue weighted by Crippen LogP contribution is 2.35. The highest BCUT2D eigenvalue weighted by atomic mass is 35.5. The Hall–Kier alpha value is -1.98. The van der Waals surface area contributed by atoms with Crippen LogP contribution in [0.5, 0.6) is 11.5 Å². The lowest BCUT2D eigenvalue weighted by molar-refractivity contribution is -0.254. The van der Waals surface area contributed by atoms with Crippen LogP contribution in [0.15, 0.2) is 18.2 Å². The number of carbonyl (C=O) groups is 1. The maximum atomic E-state index is 11.6. The van der Waals surface area contributed by atoms with Gasteiger partial charge in [0.05, 0.1) is 12.7 Å². The zero-order chi connectivity index (χ0) is 14.2. The quantitative estimate of drug-likeness (QED) is 0.621. The maximum absolute atomic E-state index is 11.6. The molecule has 1 heterocycles. The first-order chi connectivity index (χ1) is 8.95. The van der Waals surface area contributed by atoms with Crippen LogP contribution in [0.25, 0.3) is 11.3 Å². The van der Waals surface area contributed by atoms with Crippen molar-refractivity contribution in [2.75, 3.05) is 7.11 Å². The molecule has 0 unspecified atom stereocenters. The van der Waals surface area contributed by atoms with E-state index in [0.717, 1.165) is 17.0 Å². The molecular weight excluding hydrogens is 280 g/mol. The number of nitrogens with one attached hydrogen (secondary N) is 1. The van der Waals surface area contributed by atoms with Crippen molar-refractivity contribution in [2.45, 2.75) is 13.8 Å². The lowest BCUT2D eigenvalue weighted by Crippen LogP contribution is -3.00. The SMILES string of the molecule is COc1cc(-c2[nH]c(C)c(C(C)=O)c2[NH3+])ccc1O.[Cl-]. The highest BCUT2D eigenvalue weighted by Gasteiger charge is 2.20. The highest BCUT2D eigenvalue weighted by molar-refractivity contribution is 6.02. The van der Waals surface area contributed by atoms with Gasteiger partial charge in [0, 0.05) is 11.3 Å². The summed E-state index contributed by atoms with van der Waals surface area (Å²) in [6.45, 7) is 3.36. The molecule has 1 aromatic carbocycles. The van der Waals surface area contributed by atoms with E-state index in [9.17, 15) is 9.90 Å². The summed E-state index contributed by atoms with van der Waals surface area (Å²) < 4.78 is 5.08. The van der Waals surface area contributed by atoms with Crippen molar-refractivity contribution in [1.29, 1.82) is 0 Å². The minimum absolute atomic E-state index is 0.